The zero-order valence-electron chi connectivity index (χ0n) is 16.7. The van der Waals surface area contributed by atoms with Crippen molar-refractivity contribution in [3.05, 3.63) is 46.2 Å². The lowest BCUT2D eigenvalue weighted by Gasteiger charge is -2.34. The van der Waals surface area contributed by atoms with E-state index in [0.717, 1.165) is 54.6 Å². The van der Waals surface area contributed by atoms with Gasteiger partial charge in [0, 0.05) is 36.0 Å². The van der Waals surface area contributed by atoms with Gasteiger partial charge in [-0.3, -0.25) is 4.79 Å². The van der Waals surface area contributed by atoms with Gasteiger partial charge in [-0.25, -0.2) is 0 Å². The number of nitrogens with zero attached hydrogens (tertiary/aromatic N) is 1. The van der Waals surface area contributed by atoms with Crippen molar-refractivity contribution in [2.75, 3.05) is 18.4 Å². The molecule has 1 aromatic rings. The van der Waals surface area contributed by atoms with E-state index in [9.17, 15) is 4.79 Å². The fourth-order valence-electron chi connectivity index (χ4n) is 3.66. The summed E-state index contributed by atoms with van der Waals surface area (Å²) in [6, 6.07) is 8.22. The van der Waals surface area contributed by atoms with Crippen LogP contribution in [-0.4, -0.2) is 29.9 Å². The van der Waals surface area contributed by atoms with E-state index in [-0.39, 0.29) is 17.7 Å². The van der Waals surface area contributed by atoms with Crippen molar-refractivity contribution in [1.82, 2.24) is 4.90 Å². The maximum absolute atomic E-state index is 12.2. The van der Waals surface area contributed by atoms with Crippen molar-refractivity contribution in [1.29, 1.82) is 0 Å². The van der Waals surface area contributed by atoms with Crippen LogP contribution >= 0.6 is 23.2 Å². The molecule has 1 fully saturated rings. The Morgan fingerprint density at radius 3 is 2.54 bits per heavy atom. The first kappa shape index (κ1) is 21.1. The summed E-state index contributed by atoms with van der Waals surface area (Å²) in [5.74, 6) is 1.93. The molecule has 1 N–H and O–H groups in total. The number of carbonyl (C=O) groups excluding carboxylic acids is 1. The van der Waals surface area contributed by atoms with Gasteiger partial charge in [-0.05, 0) is 37.5 Å². The number of para-hydroxylation sites is 2. The lowest BCUT2D eigenvalue weighted by Crippen LogP contribution is -2.44. The molecule has 152 valence electrons. The highest BCUT2D eigenvalue weighted by Gasteiger charge is 2.26. The summed E-state index contributed by atoms with van der Waals surface area (Å²) in [5.41, 5.74) is 0.945. The number of hydrogen-bond donors (Lipinski definition) is 1. The second kappa shape index (κ2) is 9.23. The average Bonchev–Trinajstić information content (AvgIpc) is 2.66. The van der Waals surface area contributed by atoms with Crippen LogP contribution < -0.4 is 10.1 Å². The van der Waals surface area contributed by atoms with Crippen molar-refractivity contribution in [2.45, 2.75) is 46.1 Å². The van der Waals surface area contributed by atoms with Crippen molar-refractivity contribution < 1.29 is 9.53 Å². The highest BCUT2D eigenvalue weighted by atomic mass is 35.5. The standard InChI is InChI=1S/C22H28Cl2N2O2/c1-14(2)22(27)26-10-8-17(9-11-26)25-19-6-4-5-7-20(19)28-21-15(3)12-16(23)13-18(21)24/h4-7,13-15,17,25H,8-12H2,1-3H3. The topological polar surface area (TPSA) is 41.6 Å². The normalized spacial score (nSPS) is 21.0. The quantitative estimate of drug-likeness (QED) is 0.657. The number of halogens is 2. The third kappa shape index (κ3) is 5.03. The maximum Gasteiger partial charge on any atom is 0.225 e. The highest BCUT2D eigenvalue weighted by molar-refractivity contribution is 6.35. The molecular formula is C22H28Cl2N2O2. The first-order valence-corrected chi connectivity index (χ1v) is 10.7. The first-order valence-electron chi connectivity index (χ1n) is 9.93. The zero-order valence-corrected chi connectivity index (χ0v) is 18.2. The van der Waals surface area contributed by atoms with Gasteiger partial charge in [0.05, 0.1) is 10.7 Å². The van der Waals surface area contributed by atoms with Gasteiger partial charge in [0.1, 0.15) is 11.5 Å². The number of allylic oxidation sites excluding steroid dienone is 4. The number of ether oxygens (including phenoxy) is 1. The Balaban J connectivity index is 1.67. The fraction of sp³-hybridized carbons (Fsp3) is 0.500. The SMILES string of the molecule is CC(C)C(=O)N1CCC(Nc2ccccc2OC2=C(Cl)C=C(Cl)CC2C)CC1. The number of carbonyl (C=O) groups is 1. The summed E-state index contributed by atoms with van der Waals surface area (Å²) in [5, 5.41) is 4.90. The van der Waals surface area contributed by atoms with E-state index < -0.39 is 0 Å². The molecule has 1 aliphatic carbocycles. The summed E-state index contributed by atoms with van der Waals surface area (Å²) in [4.78, 5) is 14.1. The predicted molar refractivity (Wildman–Crippen MR) is 116 cm³/mol. The summed E-state index contributed by atoms with van der Waals surface area (Å²) < 4.78 is 6.21. The van der Waals surface area contributed by atoms with Crippen LogP contribution in [0.5, 0.6) is 5.75 Å². The molecule has 1 amide bonds. The predicted octanol–water partition coefficient (Wildman–Crippen LogP) is 5.74. The van der Waals surface area contributed by atoms with Crippen molar-refractivity contribution in [3.63, 3.8) is 0 Å². The Morgan fingerprint density at radius 2 is 1.89 bits per heavy atom. The number of anilines is 1. The molecule has 1 saturated heterocycles. The third-order valence-corrected chi connectivity index (χ3v) is 5.79. The number of hydrogen-bond acceptors (Lipinski definition) is 3. The minimum absolute atomic E-state index is 0.0525. The Labute approximate surface area is 177 Å². The van der Waals surface area contributed by atoms with Crippen LogP contribution in [0.2, 0.25) is 0 Å². The molecule has 0 spiro atoms. The van der Waals surface area contributed by atoms with E-state index in [4.69, 9.17) is 27.9 Å². The Bertz CT molecular complexity index is 780. The molecule has 0 bridgehead atoms. The van der Waals surface area contributed by atoms with Gasteiger partial charge in [-0.15, -0.1) is 0 Å². The molecule has 1 aromatic carbocycles. The lowest BCUT2D eigenvalue weighted by atomic mass is 10.0. The molecule has 0 aromatic heterocycles. The monoisotopic (exact) mass is 422 g/mol. The van der Waals surface area contributed by atoms with Crippen LogP contribution in [0.4, 0.5) is 5.69 Å². The molecule has 4 nitrogen and oxygen atoms in total. The van der Waals surface area contributed by atoms with Crippen LogP contribution in [0, 0.1) is 11.8 Å². The molecule has 2 aliphatic rings. The van der Waals surface area contributed by atoms with E-state index in [1.54, 1.807) is 6.08 Å². The minimum atomic E-state index is 0.0525. The smallest absolute Gasteiger partial charge is 0.225 e. The molecule has 3 rings (SSSR count). The number of benzene rings is 1. The Morgan fingerprint density at radius 1 is 1.21 bits per heavy atom. The highest BCUT2D eigenvalue weighted by Crippen LogP contribution is 2.37. The second-order valence-corrected chi connectivity index (χ2v) is 8.80. The van der Waals surface area contributed by atoms with Crippen LogP contribution in [0.25, 0.3) is 0 Å². The number of rotatable bonds is 5. The fourth-order valence-corrected chi connectivity index (χ4v) is 4.41. The van der Waals surface area contributed by atoms with Gasteiger partial charge in [-0.2, -0.15) is 0 Å². The van der Waals surface area contributed by atoms with Crippen molar-refractivity contribution in [2.24, 2.45) is 11.8 Å². The largest absolute Gasteiger partial charge is 0.458 e. The summed E-state index contributed by atoms with van der Waals surface area (Å²) >= 11 is 12.5. The Hall–Kier alpha value is -1.65. The molecule has 1 aliphatic heterocycles. The van der Waals surface area contributed by atoms with E-state index in [1.807, 2.05) is 43.0 Å². The number of piperidine rings is 1. The molecular weight excluding hydrogens is 395 g/mol. The zero-order chi connectivity index (χ0) is 20.3. The van der Waals surface area contributed by atoms with Crippen LogP contribution in [0.15, 0.2) is 46.2 Å². The van der Waals surface area contributed by atoms with Gasteiger partial charge in [-0.1, -0.05) is 56.1 Å². The number of amides is 1. The molecule has 0 radical (unpaired) electrons. The molecule has 1 heterocycles. The van der Waals surface area contributed by atoms with Gasteiger partial charge in [0.2, 0.25) is 5.91 Å². The van der Waals surface area contributed by atoms with Crippen LogP contribution in [-0.2, 0) is 4.79 Å². The summed E-state index contributed by atoms with van der Waals surface area (Å²) in [6.07, 6.45) is 4.33. The molecule has 28 heavy (non-hydrogen) atoms. The van der Waals surface area contributed by atoms with Crippen LogP contribution in [0.1, 0.15) is 40.0 Å². The van der Waals surface area contributed by atoms with Gasteiger partial charge in [0.15, 0.2) is 0 Å². The molecule has 6 heteroatoms. The van der Waals surface area contributed by atoms with Gasteiger partial charge in [0.25, 0.3) is 0 Å². The molecule has 0 saturated carbocycles. The van der Waals surface area contributed by atoms with E-state index >= 15 is 0 Å². The van der Waals surface area contributed by atoms with Crippen molar-refractivity contribution in [3.8, 4) is 5.75 Å². The van der Waals surface area contributed by atoms with E-state index in [2.05, 4.69) is 12.2 Å². The average molecular weight is 423 g/mol. The first-order chi connectivity index (χ1) is 13.3. The van der Waals surface area contributed by atoms with E-state index in [0.29, 0.717) is 11.1 Å². The van der Waals surface area contributed by atoms with E-state index in [1.165, 1.54) is 0 Å². The molecule has 1 unspecified atom stereocenters. The minimum Gasteiger partial charge on any atom is -0.458 e. The Kier molecular flexibility index (Phi) is 6.95. The number of likely N-dealkylation sites (tertiary alicyclic amines) is 1. The van der Waals surface area contributed by atoms with Gasteiger partial charge < -0.3 is 15.0 Å². The molecule has 1 atom stereocenters. The summed E-state index contributed by atoms with van der Waals surface area (Å²) in [7, 11) is 0. The van der Waals surface area contributed by atoms with Crippen molar-refractivity contribution >= 4 is 34.8 Å². The van der Waals surface area contributed by atoms with Gasteiger partial charge >= 0.3 is 0 Å². The third-order valence-electron chi connectivity index (χ3n) is 5.23. The lowest BCUT2D eigenvalue weighted by molar-refractivity contribution is -0.135. The second-order valence-electron chi connectivity index (χ2n) is 7.91. The maximum atomic E-state index is 12.2. The summed E-state index contributed by atoms with van der Waals surface area (Å²) in [6.45, 7) is 7.54. The van der Waals surface area contributed by atoms with Crippen LogP contribution in [0.3, 0.4) is 0 Å². The number of nitrogens with one attached hydrogen (secondary N) is 1.